The molecule has 0 radical (unpaired) electrons. The number of aliphatic carboxylic acids is 1. The fourth-order valence-electron chi connectivity index (χ4n) is 1.62. The number of aryl methyl sites for hydroxylation is 1. The van der Waals surface area contributed by atoms with E-state index in [-0.39, 0.29) is 10.6 Å². The minimum atomic E-state index is -2.74. The maximum Gasteiger partial charge on any atom is 0.304 e. The third-order valence-electron chi connectivity index (χ3n) is 2.34. The molecular formula is C11H11ClF2O2. The van der Waals surface area contributed by atoms with E-state index in [2.05, 4.69) is 0 Å². The van der Waals surface area contributed by atoms with Crippen molar-refractivity contribution in [3.05, 3.63) is 34.3 Å². The quantitative estimate of drug-likeness (QED) is 0.886. The second-order valence-corrected chi connectivity index (χ2v) is 3.92. The Balaban J connectivity index is 3.15. The van der Waals surface area contributed by atoms with Crippen molar-refractivity contribution in [2.75, 3.05) is 0 Å². The molecule has 0 saturated heterocycles. The minimum absolute atomic E-state index is 0.187. The Kier molecular flexibility index (Phi) is 4.24. The van der Waals surface area contributed by atoms with Gasteiger partial charge in [-0.2, -0.15) is 0 Å². The Hall–Kier alpha value is -1.16. The predicted octanol–water partition coefficient (Wildman–Crippen LogP) is 3.47. The lowest BCUT2D eigenvalue weighted by molar-refractivity contribution is -0.138. The molecule has 5 heteroatoms. The Morgan fingerprint density at radius 2 is 2.12 bits per heavy atom. The summed E-state index contributed by atoms with van der Waals surface area (Å²) in [5.41, 5.74) is 0.806. The summed E-state index contributed by atoms with van der Waals surface area (Å²) < 4.78 is 25.6. The summed E-state index contributed by atoms with van der Waals surface area (Å²) in [4.78, 5) is 10.5. The largest absolute Gasteiger partial charge is 0.481 e. The minimum Gasteiger partial charge on any atom is -0.481 e. The van der Waals surface area contributed by atoms with Crippen molar-refractivity contribution in [1.29, 1.82) is 0 Å². The summed E-state index contributed by atoms with van der Waals surface area (Å²) in [6, 6.07) is 4.77. The van der Waals surface area contributed by atoms with Gasteiger partial charge in [-0.15, -0.1) is 0 Å². The molecule has 1 unspecified atom stereocenters. The van der Waals surface area contributed by atoms with Crippen LogP contribution in [-0.4, -0.2) is 17.5 Å². The fraction of sp³-hybridized carbons (Fsp3) is 0.364. The van der Waals surface area contributed by atoms with Gasteiger partial charge in [-0.05, 0) is 24.1 Å². The number of halogens is 3. The first-order valence-electron chi connectivity index (χ1n) is 4.68. The maximum atomic E-state index is 12.8. The predicted molar refractivity (Wildman–Crippen MR) is 57.2 cm³/mol. The van der Waals surface area contributed by atoms with Gasteiger partial charge in [0.2, 0.25) is 6.43 Å². The molecule has 1 N–H and O–H groups in total. The van der Waals surface area contributed by atoms with Crippen LogP contribution in [0.15, 0.2) is 18.2 Å². The molecule has 1 atom stereocenters. The van der Waals surface area contributed by atoms with Gasteiger partial charge in [0.1, 0.15) is 0 Å². The molecule has 88 valence electrons. The molecule has 1 rings (SSSR count). The monoisotopic (exact) mass is 248 g/mol. The highest BCUT2D eigenvalue weighted by Gasteiger charge is 2.28. The first-order valence-corrected chi connectivity index (χ1v) is 5.06. The van der Waals surface area contributed by atoms with Crippen LogP contribution in [0.1, 0.15) is 23.5 Å². The molecule has 0 aliphatic heterocycles. The second-order valence-electron chi connectivity index (χ2n) is 3.51. The molecule has 1 aromatic carbocycles. The van der Waals surface area contributed by atoms with Crippen molar-refractivity contribution >= 4 is 17.6 Å². The van der Waals surface area contributed by atoms with E-state index < -0.39 is 24.7 Å². The van der Waals surface area contributed by atoms with Gasteiger partial charge in [-0.1, -0.05) is 23.7 Å². The molecule has 0 fully saturated rings. The van der Waals surface area contributed by atoms with Crippen LogP contribution in [0.2, 0.25) is 5.02 Å². The molecule has 0 heterocycles. The maximum absolute atomic E-state index is 12.8. The van der Waals surface area contributed by atoms with Gasteiger partial charge in [0, 0.05) is 5.02 Å². The topological polar surface area (TPSA) is 37.3 Å². The molecular weight excluding hydrogens is 238 g/mol. The van der Waals surface area contributed by atoms with E-state index in [1.54, 1.807) is 19.1 Å². The van der Waals surface area contributed by atoms with Crippen LogP contribution in [0.4, 0.5) is 8.78 Å². The zero-order valence-corrected chi connectivity index (χ0v) is 9.34. The Labute approximate surface area is 96.8 Å². The van der Waals surface area contributed by atoms with Crippen LogP contribution in [0.25, 0.3) is 0 Å². The van der Waals surface area contributed by atoms with Crippen LogP contribution in [-0.2, 0) is 4.79 Å². The molecule has 0 bridgehead atoms. The zero-order valence-electron chi connectivity index (χ0n) is 8.58. The third kappa shape index (κ3) is 2.92. The summed E-state index contributed by atoms with van der Waals surface area (Å²) in [6.45, 7) is 1.64. The van der Waals surface area contributed by atoms with Gasteiger partial charge >= 0.3 is 5.97 Å². The highest BCUT2D eigenvalue weighted by atomic mass is 35.5. The lowest BCUT2D eigenvalue weighted by atomic mass is 9.92. The number of alkyl halides is 2. The highest BCUT2D eigenvalue weighted by Crippen LogP contribution is 2.34. The lowest BCUT2D eigenvalue weighted by Gasteiger charge is -2.18. The van der Waals surface area contributed by atoms with E-state index in [1.165, 1.54) is 6.07 Å². The second kappa shape index (κ2) is 5.25. The molecule has 2 nitrogen and oxygen atoms in total. The molecule has 16 heavy (non-hydrogen) atoms. The van der Waals surface area contributed by atoms with Crippen LogP contribution >= 0.6 is 11.6 Å². The first-order chi connectivity index (χ1) is 7.43. The average Bonchev–Trinajstić information content (AvgIpc) is 2.15. The molecule has 0 aliphatic rings. The summed E-state index contributed by atoms with van der Waals surface area (Å²) in [7, 11) is 0. The number of carbonyl (C=O) groups is 1. The van der Waals surface area contributed by atoms with Crippen molar-refractivity contribution in [3.63, 3.8) is 0 Å². The number of carboxylic acids is 1. The molecule has 1 aromatic rings. The SMILES string of the molecule is Cc1cccc(Cl)c1C(CC(=O)O)C(F)F. The van der Waals surface area contributed by atoms with Gasteiger partial charge in [-0.3, -0.25) is 4.79 Å². The number of carboxylic acid groups (broad SMARTS) is 1. The highest BCUT2D eigenvalue weighted by molar-refractivity contribution is 6.31. The smallest absolute Gasteiger partial charge is 0.304 e. The number of hydrogen-bond donors (Lipinski definition) is 1. The molecule has 0 aliphatic carbocycles. The van der Waals surface area contributed by atoms with E-state index in [0.29, 0.717) is 5.56 Å². The van der Waals surface area contributed by atoms with Gasteiger partial charge in [0.15, 0.2) is 0 Å². The van der Waals surface area contributed by atoms with Crippen molar-refractivity contribution in [3.8, 4) is 0 Å². The van der Waals surface area contributed by atoms with E-state index >= 15 is 0 Å². The van der Waals surface area contributed by atoms with Gasteiger partial charge in [-0.25, -0.2) is 8.78 Å². The third-order valence-corrected chi connectivity index (χ3v) is 2.67. The normalized spacial score (nSPS) is 12.8. The van der Waals surface area contributed by atoms with Crippen molar-refractivity contribution in [2.45, 2.75) is 25.7 Å². The summed E-state index contributed by atoms with van der Waals surface area (Å²) in [5.74, 6) is -2.61. The zero-order chi connectivity index (χ0) is 12.3. The average molecular weight is 249 g/mol. The van der Waals surface area contributed by atoms with E-state index in [1.807, 2.05) is 0 Å². The number of hydrogen-bond acceptors (Lipinski definition) is 1. The van der Waals surface area contributed by atoms with Gasteiger partial charge in [0.25, 0.3) is 0 Å². The Morgan fingerprint density at radius 1 is 1.50 bits per heavy atom. The Bertz CT molecular complexity index is 373. The number of rotatable bonds is 4. The summed E-state index contributed by atoms with van der Waals surface area (Å²) in [6.07, 6.45) is -3.36. The van der Waals surface area contributed by atoms with Crippen LogP contribution < -0.4 is 0 Å². The first kappa shape index (κ1) is 12.9. The lowest BCUT2D eigenvalue weighted by Crippen LogP contribution is -2.15. The van der Waals surface area contributed by atoms with Crippen molar-refractivity contribution < 1.29 is 18.7 Å². The number of benzene rings is 1. The fourth-order valence-corrected chi connectivity index (χ4v) is 1.98. The Morgan fingerprint density at radius 3 is 2.56 bits per heavy atom. The van der Waals surface area contributed by atoms with E-state index in [4.69, 9.17) is 16.7 Å². The van der Waals surface area contributed by atoms with Gasteiger partial charge in [0.05, 0.1) is 12.3 Å². The van der Waals surface area contributed by atoms with E-state index in [0.717, 1.165) is 0 Å². The molecule has 0 saturated carbocycles. The molecule has 0 amide bonds. The van der Waals surface area contributed by atoms with Crippen LogP contribution in [0.5, 0.6) is 0 Å². The standard InChI is InChI=1S/C11H11ClF2O2/c1-6-3-2-4-8(12)10(6)7(11(13)14)5-9(15)16/h2-4,7,11H,5H2,1H3,(H,15,16). The molecule has 0 spiro atoms. The van der Waals surface area contributed by atoms with Crippen molar-refractivity contribution in [1.82, 2.24) is 0 Å². The van der Waals surface area contributed by atoms with Crippen LogP contribution in [0.3, 0.4) is 0 Å². The summed E-state index contributed by atoms with van der Waals surface area (Å²) >= 11 is 5.83. The van der Waals surface area contributed by atoms with E-state index in [9.17, 15) is 13.6 Å². The van der Waals surface area contributed by atoms with Crippen LogP contribution in [0, 0.1) is 6.92 Å². The molecule has 0 aromatic heterocycles. The van der Waals surface area contributed by atoms with Gasteiger partial charge < -0.3 is 5.11 Å². The summed E-state index contributed by atoms with van der Waals surface area (Å²) in [5, 5.41) is 8.79. The van der Waals surface area contributed by atoms with Crippen molar-refractivity contribution in [2.24, 2.45) is 0 Å².